The molecular weight excluding hydrogens is 188 g/mol. The van der Waals surface area contributed by atoms with Crippen LogP contribution in [0.4, 0.5) is 11.4 Å². The quantitative estimate of drug-likeness (QED) is 0.448. The summed E-state index contributed by atoms with van der Waals surface area (Å²) in [5.74, 6) is 0. The minimum Gasteiger partial charge on any atom is -0.345 e. The summed E-state index contributed by atoms with van der Waals surface area (Å²) in [5, 5.41) is 13.3. The molecule has 0 aliphatic rings. The lowest BCUT2D eigenvalue weighted by Crippen LogP contribution is -2.05. The summed E-state index contributed by atoms with van der Waals surface area (Å²) in [6.07, 6.45) is 0. The first-order valence-electron chi connectivity index (χ1n) is 3.62. The van der Waals surface area contributed by atoms with Gasteiger partial charge >= 0.3 is 0 Å². The summed E-state index contributed by atoms with van der Waals surface area (Å²) in [5.41, 5.74) is 0.465. The average molecular weight is 196 g/mol. The Balaban J connectivity index is 3.04. The van der Waals surface area contributed by atoms with Crippen LogP contribution in [0.2, 0.25) is 0 Å². The van der Waals surface area contributed by atoms with E-state index in [1.54, 1.807) is 25.1 Å². The summed E-state index contributed by atoms with van der Waals surface area (Å²) in [6, 6.07) is 6.38. The van der Waals surface area contributed by atoms with Gasteiger partial charge in [-0.05, 0) is 13.0 Å². The third kappa shape index (κ3) is 2.48. The Hall–Kier alpha value is -1.49. The van der Waals surface area contributed by atoms with E-state index in [0.717, 1.165) is 0 Å². The molecule has 1 N–H and O–H groups in total. The van der Waals surface area contributed by atoms with Crippen LogP contribution in [0.1, 0.15) is 6.92 Å². The Morgan fingerprint density at radius 3 is 2.69 bits per heavy atom. The molecule has 0 aromatic heterocycles. The maximum Gasteiger partial charge on any atom is 0.292 e. The van der Waals surface area contributed by atoms with Crippen molar-refractivity contribution in [2.24, 2.45) is 0 Å². The topological polar surface area (TPSA) is 55.2 Å². The number of nitro benzene ring substituents is 1. The molecule has 0 saturated carbocycles. The van der Waals surface area contributed by atoms with Crippen LogP contribution in [-0.2, 0) is 0 Å². The van der Waals surface area contributed by atoms with Gasteiger partial charge in [0.05, 0.1) is 9.91 Å². The van der Waals surface area contributed by atoms with E-state index < -0.39 is 4.92 Å². The molecule has 0 radical (unpaired) electrons. The SMILES string of the molecule is CC(=S)Nc1ccccc1[N+](=O)[O-]. The number of nitrogens with zero attached hydrogens (tertiary/aromatic N) is 1. The molecule has 1 rings (SSSR count). The van der Waals surface area contributed by atoms with Gasteiger partial charge in [-0.15, -0.1) is 0 Å². The highest BCUT2D eigenvalue weighted by Crippen LogP contribution is 2.22. The molecule has 0 amide bonds. The standard InChI is InChI=1S/C8H8N2O2S/c1-6(13)9-7-4-2-3-5-8(7)10(11)12/h2-5H,1H3,(H,9,13). The Labute approximate surface area is 80.7 Å². The molecule has 4 nitrogen and oxygen atoms in total. The second-order valence-electron chi connectivity index (χ2n) is 2.46. The van der Waals surface area contributed by atoms with Gasteiger partial charge in [-0.1, -0.05) is 24.4 Å². The molecule has 5 heteroatoms. The molecule has 0 aliphatic carbocycles. The van der Waals surface area contributed by atoms with Crippen molar-refractivity contribution in [3.8, 4) is 0 Å². The fraction of sp³-hybridized carbons (Fsp3) is 0.125. The molecule has 0 spiro atoms. The van der Waals surface area contributed by atoms with Crippen molar-refractivity contribution < 1.29 is 4.92 Å². The third-order valence-electron chi connectivity index (χ3n) is 1.41. The lowest BCUT2D eigenvalue weighted by Gasteiger charge is -2.03. The summed E-state index contributed by atoms with van der Waals surface area (Å²) in [6.45, 7) is 1.67. The number of rotatable bonds is 2. The average Bonchev–Trinajstić information content (AvgIpc) is 2.03. The minimum absolute atomic E-state index is 0.0340. The highest BCUT2D eigenvalue weighted by molar-refractivity contribution is 7.80. The number of nitro groups is 1. The fourth-order valence-electron chi connectivity index (χ4n) is 0.928. The van der Waals surface area contributed by atoms with Crippen molar-refractivity contribution in [2.45, 2.75) is 6.92 Å². The summed E-state index contributed by atoms with van der Waals surface area (Å²) in [7, 11) is 0. The van der Waals surface area contributed by atoms with Crippen molar-refractivity contribution in [1.29, 1.82) is 0 Å². The zero-order valence-electron chi connectivity index (χ0n) is 6.98. The lowest BCUT2D eigenvalue weighted by atomic mass is 10.2. The fourth-order valence-corrected chi connectivity index (χ4v) is 1.04. The van der Waals surface area contributed by atoms with Crippen molar-refractivity contribution in [1.82, 2.24) is 0 Å². The van der Waals surface area contributed by atoms with E-state index in [-0.39, 0.29) is 5.69 Å². The molecule has 0 unspecified atom stereocenters. The number of benzene rings is 1. The van der Waals surface area contributed by atoms with E-state index in [0.29, 0.717) is 10.7 Å². The summed E-state index contributed by atoms with van der Waals surface area (Å²) >= 11 is 4.79. The van der Waals surface area contributed by atoms with Gasteiger partial charge in [-0.3, -0.25) is 10.1 Å². The van der Waals surface area contributed by atoms with Crippen LogP contribution >= 0.6 is 12.2 Å². The van der Waals surface area contributed by atoms with Gasteiger partial charge < -0.3 is 5.32 Å². The second-order valence-corrected chi connectivity index (χ2v) is 3.07. The summed E-state index contributed by atoms with van der Waals surface area (Å²) in [4.78, 5) is 10.6. The van der Waals surface area contributed by atoms with Crippen molar-refractivity contribution in [3.05, 3.63) is 34.4 Å². The molecule has 0 atom stereocenters. The van der Waals surface area contributed by atoms with E-state index in [2.05, 4.69) is 5.32 Å². The van der Waals surface area contributed by atoms with Gasteiger partial charge in [0.1, 0.15) is 5.69 Å². The molecule has 68 valence electrons. The van der Waals surface area contributed by atoms with Crippen LogP contribution in [-0.4, -0.2) is 9.91 Å². The Kier molecular flexibility index (Phi) is 2.92. The monoisotopic (exact) mass is 196 g/mol. The molecule has 0 heterocycles. The third-order valence-corrected chi connectivity index (χ3v) is 1.51. The van der Waals surface area contributed by atoms with Crippen LogP contribution in [0.15, 0.2) is 24.3 Å². The van der Waals surface area contributed by atoms with Crippen molar-refractivity contribution >= 4 is 28.6 Å². The maximum atomic E-state index is 10.5. The molecular formula is C8H8N2O2S. The molecule has 1 aromatic rings. The normalized spacial score (nSPS) is 9.31. The van der Waals surface area contributed by atoms with Gasteiger partial charge in [0, 0.05) is 6.07 Å². The molecule has 1 aromatic carbocycles. The number of hydrogen-bond donors (Lipinski definition) is 1. The maximum absolute atomic E-state index is 10.5. The number of thiocarbonyl (C=S) groups is 1. The van der Waals surface area contributed by atoms with Gasteiger partial charge in [0.15, 0.2) is 0 Å². The molecule has 0 saturated heterocycles. The van der Waals surface area contributed by atoms with Gasteiger partial charge in [-0.2, -0.15) is 0 Å². The highest BCUT2D eigenvalue weighted by atomic mass is 32.1. The smallest absolute Gasteiger partial charge is 0.292 e. The number of hydrogen-bond acceptors (Lipinski definition) is 3. The Morgan fingerprint density at radius 2 is 2.15 bits per heavy atom. The van der Waals surface area contributed by atoms with Gasteiger partial charge in [-0.25, -0.2) is 0 Å². The number of para-hydroxylation sites is 2. The van der Waals surface area contributed by atoms with Crippen LogP contribution in [0.3, 0.4) is 0 Å². The van der Waals surface area contributed by atoms with Gasteiger partial charge in [0.2, 0.25) is 0 Å². The molecule has 0 bridgehead atoms. The minimum atomic E-state index is -0.444. The van der Waals surface area contributed by atoms with E-state index in [9.17, 15) is 10.1 Å². The van der Waals surface area contributed by atoms with Crippen LogP contribution in [0, 0.1) is 10.1 Å². The van der Waals surface area contributed by atoms with Gasteiger partial charge in [0.25, 0.3) is 5.69 Å². The zero-order chi connectivity index (χ0) is 9.84. The first kappa shape index (κ1) is 9.60. The zero-order valence-corrected chi connectivity index (χ0v) is 7.80. The van der Waals surface area contributed by atoms with Crippen LogP contribution in [0.25, 0.3) is 0 Å². The lowest BCUT2D eigenvalue weighted by molar-refractivity contribution is -0.383. The largest absolute Gasteiger partial charge is 0.345 e. The summed E-state index contributed by atoms with van der Waals surface area (Å²) < 4.78 is 0. The van der Waals surface area contributed by atoms with Crippen LogP contribution in [0.5, 0.6) is 0 Å². The Morgan fingerprint density at radius 1 is 1.54 bits per heavy atom. The Bertz CT molecular complexity index is 352. The first-order valence-corrected chi connectivity index (χ1v) is 4.03. The highest BCUT2D eigenvalue weighted by Gasteiger charge is 2.11. The van der Waals surface area contributed by atoms with Crippen molar-refractivity contribution in [3.63, 3.8) is 0 Å². The van der Waals surface area contributed by atoms with Crippen LogP contribution < -0.4 is 5.32 Å². The van der Waals surface area contributed by atoms with E-state index in [1.807, 2.05) is 0 Å². The first-order chi connectivity index (χ1) is 6.11. The van der Waals surface area contributed by atoms with E-state index in [1.165, 1.54) is 6.07 Å². The predicted octanol–water partition coefficient (Wildman–Crippen LogP) is 2.35. The second kappa shape index (κ2) is 3.95. The van der Waals surface area contributed by atoms with E-state index >= 15 is 0 Å². The predicted molar refractivity (Wildman–Crippen MR) is 55.0 cm³/mol. The molecule has 0 fully saturated rings. The molecule has 0 aliphatic heterocycles. The molecule has 13 heavy (non-hydrogen) atoms. The van der Waals surface area contributed by atoms with Crippen molar-refractivity contribution in [2.75, 3.05) is 5.32 Å². The number of anilines is 1. The number of nitrogens with one attached hydrogen (secondary N) is 1. The van der Waals surface area contributed by atoms with E-state index in [4.69, 9.17) is 12.2 Å².